The van der Waals surface area contributed by atoms with Crippen LogP contribution >= 0.6 is 0 Å². The number of hydrogen-bond acceptors (Lipinski definition) is 2. The van der Waals surface area contributed by atoms with E-state index in [1.165, 1.54) is 22.3 Å². The molecule has 2 nitrogen and oxygen atoms in total. The number of nitrogens with one attached hydrogen (secondary N) is 1. The van der Waals surface area contributed by atoms with E-state index in [1.54, 1.807) is 7.11 Å². The molecule has 1 N–H and O–H groups in total. The van der Waals surface area contributed by atoms with Crippen LogP contribution in [0.15, 0.2) is 42.5 Å². The molecule has 2 aromatic rings. The van der Waals surface area contributed by atoms with Crippen molar-refractivity contribution in [3.05, 3.63) is 64.7 Å². The van der Waals surface area contributed by atoms with Gasteiger partial charge in [-0.2, -0.15) is 0 Å². The highest BCUT2D eigenvalue weighted by Gasteiger charge is 2.17. The van der Waals surface area contributed by atoms with Gasteiger partial charge in [-0.25, -0.2) is 0 Å². The Morgan fingerprint density at radius 3 is 2.76 bits per heavy atom. The summed E-state index contributed by atoms with van der Waals surface area (Å²) >= 11 is 0. The van der Waals surface area contributed by atoms with Crippen molar-refractivity contribution < 1.29 is 4.74 Å². The minimum atomic E-state index is 0.558. The molecule has 21 heavy (non-hydrogen) atoms. The van der Waals surface area contributed by atoms with Crippen LogP contribution in [0.5, 0.6) is 5.75 Å². The topological polar surface area (TPSA) is 21.3 Å². The van der Waals surface area contributed by atoms with Gasteiger partial charge in [-0.1, -0.05) is 43.3 Å². The first-order chi connectivity index (χ1) is 10.3. The third kappa shape index (κ3) is 3.11. The van der Waals surface area contributed by atoms with E-state index in [4.69, 9.17) is 4.74 Å². The Bertz CT molecular complexity index is 606. The Kier molecular flexibility index (Phi) is 4.26. The molecule has 0 radical (unpaired) electrons. The van der Waals surface area contributed by atoms with Crippen molar-refractivity contribution in [3.63, 3.8) is 0 Å². The first-order valence-electron chi connectivity index (χ1n) is 7.72. The first-order valence-corrected chi connectivity index (χ1v) is 7.72. The van der Waals surface area contributed by atoms with Crippen molar-refractivity contribution in [1.82, 2.24) is 5.32 Å². The maximum atomic E-state index is 5.64. The maximum Gasteiger partial charge on any atom is 0.122 e. The molecule has 0 saturated carbocycles. The van der Waals surface area contributed by atoms with E-state index in [9.17, 15) is 0 Å². The second-order valence-corrected chi connectivity index (χ2v) is 5.88. The summed E-state index contributed by atoms with van der Waals surface area (Å²) in [5.74, 6) is 1.58. The summed E-state index contributed by atoms with van der Waals surface area (Å²) in [6, 6.07) is 15.2. The molecular formula is C19H23NO. The van der Waals surface area contributed by atoms with Crippen molar-refractivity contribution in [2.45, 2.75) is 25.7 Å². The molecule has 1 aliphatic heterocycles. The molecule has 1 heterocycles. The lowest BCUT2D eigenvalue weighted by molar-refractivity contribution is 0.409. The Hall–Kier alpha value is -1.80. The lowest BCUT2D eigenvalue weighted by Crippen LogP contribution is -2.18. The Balaban J connectivity index is 1.99. The molecule has 2 aromatic carbocycles. The molecule has 0 saturated heterocycles. The van der Waals surface area contributed by atoms with Crippen molar-refractivity contribution in [3.8, 4) is 5.75 Å². The molecule has 1 atom stereocenters. The standard InChI is InChI=1S/C19H23NO/c1-14-13-20-9-8-16-12-19(21-2)17(11-18(14)16)10-15-6-4-3-5-7-15/h3-7,11-12,14,20H,8-10,13H2,1-2H3/t14-/m0/s1. The average Bonchev–Trinajstić information content (AvgIpc) is 2.69. The van der Waals surface area contributed by atoms with Crippen molar-refractivity contribution in [2.75, 3.05) is 20.2 Å². The molecule has 0 unspecified atom stereocenters. The van der Waals surface area contributed by atoms with Crippen LogP contribution in [0.2, 0.25) is 0 Å². The Labute approximate surface area is 127 Å². The number of hydrogen-bond donors (Lipinski definition) is 1. The average molecular weight is 281 g/mol. The SMILES string of the molecule is COc1cc2c(cc1Cc1ccccc1)[C@@H](C)CNCC2. The minimum absolute atomic E-state index is 0.558. The van der Waals surface area contributed by atoms with Gasteiger partial charge in [0.1, 0.15) is 5.75 Å². The highest BCUT2D eigenvalue weighted by atomic mass is 16.5. The van der Waals surface area contributed by atoms with Crippen LogP contribution in [0.4, 0.5) is 0 Å². The molecule has 1 aliphatic rings. The largest absolute Gasteiger partial charge is 0.496 e. The third-order valence-corrected chi connectivity index (χ3v) is 4.33. The van der Waals surface area contributed by atoms with Crippen LogP contribution < -0.4 is 10.1 Å². The van der Waals surface area contributed by atoms with E-state index < -0.39 is 0 Å². The van der Waals surface area contributed by atoms with Crippen molar-refractivity contribution >= 4 is 0 Å². The number of fused-ring (bicyclic) bond motifs is 1. The lowest BCUT2D eigenvalue weighted by atomic mass is 9.91. The van der Waals surface area contributed by atoms with E-state index in [0.29, 0.717) is 5.92 Å². The monoisotopic (exact) mass is 281 g/mol. The number of benzene rings is 2. The molecule has 3 rings (SSSR count). The Morgan fingerprint density at radius 2 is 2.00 bits per heavy atom. The minimum Gasteiger partial charge on any atom is -0.496 e. The third-order valence-electron chi connectivity index (χ3n) is 4.33. The van der Waals surface area contributed by atoms with Gasteiger partial charge in [0.2, 0.25) is 0 Å². The van der Waals surface area contributed by atoms with Gasteiger partial charge in [-0.3, -0.25) is 0 Å². The smallest absolute Gasteiger partial charge is 0.122 e. The van der Waals surface area contributed by atoms with E-state index in [2.05, 4.69) is 54.7 Å². The summed E-state index contributed by atoms with van der Waals surface area (Å²) in [6.07, 6.45) is 2.01. The molecule has 0 amide bonds. The van der Waals surface area contributed by atoms with Crippen LogP contribution in [0, 0.1) is 0 Å². The molecule has 2 heteroatoms. The fraction of sp³-hybridized carbons (Fsp3) is 0.368. The molecule has 110 valence electrons. The van der Waals surface area contributed by atoms with E-state index in [0.717, 1.165) is 31.7 Å². The van der Waals surface area contributed by atoms with E-state index in [1.807, 2.05) is 0 Å². The van der Waals surface area contributed by atoms with Crippen LogP contribution in [0.1, 0.15) is 35.1 Å². The predicted octanol–water partition coefficient (Wildman–Crippen LogP) is 3.54. The van der Waals surface area contributed by atoms with Gasteiger partial charge < -0.3 is 10.1 Å². The van der Waals surface area contributed by atoms with E-state index in [-0.39, 0.29) is 0 Å². The van der Waals surface area contributed by atoms with Gasteiger partial charge in [-0.15, -0.1) is 0 Å². The molecule has 0 aromatic heterocycles. The molecule has 0 spiro atoms. The fourth-order valence-electron chi connectivity index (χ4n) is 3.16. The number of rotatable bonds is 3. The zero-order valence-electron chi connectivity index (χ0n) is 12.9. The summed E-state index contributed by atoms with van der Waals surface area (Å²) in [5.41, 5.74) is 5.53. The Morgan fingerprint density at radius 1 is 1.19 bits per heavy atom. The van der Waals surface area contributed by atoms with Gasteiger partial charge >= 0.3 is 0 Å². The van der Waals surface area contributed by atoms with Gasteiger partial charge in [0.05, 0.1) is 7.11 Å². The summed E-state index contributed by atoms with van der Waals surface area (Å²) in [5, 5.41) is 3.51. The quantitative estimate of drug-likeness (QED) is 0.929. The van der Waals surface area contributed by atoms with Crippen molar-refractivity contribution in [1.29, 1.82) is 0 Å². The van der Waals surface area contributed by atoms with Gasteiger partial charge in [0.25, 0.3) is 0 Å². The predicted molar refractivity (Wildman–Crippen MR) is 87.2 cm³/mol. The van der Waals surface area contributed by atoms with Crippen LogP contribution in [-0.4, -0.2) is 20.2 Å². The molecular weight excluding hydrogens is 258 g/mol. The van der Waals surface area contributed by atoms with Crippen molar-refractivity contribution in [2.24, 2.45) is 0 Å². The van der Waals surface area contributed by atoms with Crippen LogP contribution in [0.25, 0.3) is 0 Å². The molecule has 0 bridgehead atoms. The zero-order chi connectivity index (χ0) is 14.7. The van der Waals surface area contributed by atoms with E-state index >= 15 is 0 Å². The van der Waals surface area contributed by atoms with Crippen LogP contribution in [-0.2, 0) is 12.8 Å². The van der Waals surface area contributed by atoms with Gasteiger partial charge in [0.15, 0.2) is 0 Å². The normalized spacial score (nSPS) is 17.9. The summed E-state index contributed by atoms with van der Waals surface area (Å²) in [6.45, 7) is 4.42. The molecule has 0 fully saturated rings. The second kappa shape index (κ2) is 6.31. The molecule has 0 aliphatic carbocycles. The summed E-state index contributed by atoms with van der Waals surface area (Å²) < 4.78 is 5.64. The summed E-state index contributed by atoms with van der Waals surface area (Å²) in [7, 11) is 1.77. The number of methoxy groups -OCH3 is 1. The lowest BCUT2D eigenvalue weighted by Gasteiger charge is -2.17. The highest BCUT2D eigenvalue weighted by Crippen LogP contribution is 2.31. The second-order valence-electron chi connectivity index (χ2n) is 5.88. The van der Waals surface area contributed by atoms with Gasteiger partial charge in [0, 0.05) is 13.0 Å². The fourth-order valence-corrected chi connectivity index (χ4v) is 3.16. The highest BCUT2D eigenvalue weighted by molar-refractivity contribution is 5.47. The zero-order valence-corrected chi connectivity index (χ0v) is 12.9. The van der Waals surface area contributed by atoms with Gasteiger partial charge in [-0.05, 0) is 47.2 Å². The maximum absolute atomic E-state index is 5.64. The number of ether oxygens (including phenoxy) is 1. The summed E-state index contributed by atoms with van der Waals surface area (Å²) in [4.78, 5) is 0. The first kappa shape index (κ1) is 14.2. The van der Waals surface area contributed by atoms with Crippen LogP contribution in [0.3, 0.4) is 0 Å².